The van der Waals surface area contributed by atoms with Crippen LogP contribution in [0, 0.1) is 11.8 Å². The zero-order valence-electron chi connectivity index (χ0n) is 13.3. The molecule has 20 heavy (non-hydrogen) atoms. The van der Waals surface area contributed by atoms with Crippen molar-refractivity contribution in [2.45, 2.75) is 95.1 Å². The third kappa shape index (κ3) is 2.92. The third-order valence-corrected chi connectivity index (χ3v) is 6.57. The summed E-state index contributed by atoms with van der Waals surface area (Å²) in [5.41, 5.74) is 7.27. The van der Waals surface area contributed by atoms with Gasteiger partial charge in [0.2, 0.25) is 0 Å². The van der Waals surface area contributed by atoms with Crippen molar-refractivity contribution in [3.8, 4) is 0 Å². The van der Waals surface area contributed by atoms with Gasteiger partial charge in [0.15, 0.2) is 0 Å². The molecule has 3 unspecified atom stereocenters. The van der Waals surface area contributed by atoms with E-state index in [9.17, 15) is 0 Å². The first-order chi connectivity index (χ1) is 9.66. The summed E-state index contributed by atoms with van der Waals surface area (Å²) in [5.74, 6) is 1.59. The fourth-order valence-electron chi connectivity index (χ4n) is 5.24. The van der Waals surface area contributed by atoms with Gasteiger partial charge in [0.05, 0.1) is 5.60 Å². The lowest BCUT2D eigenvalue weighted by atomic mass is 9.63. The van der Waals surface area contributed by atoms with Crippen LogP contribution in [-0.4, -0.2) is 17.7 Å². The van der Waals surface area contributed by atoms with E-state index in [-0.39, 0.29) is 11.1 Å². The van der Waals surface area contributed by atoms with E-state index in [0.717, 1.165) is 12.5 Å². The number of nitrogens with two attached hydrogens (primary N) is 1. The van der Waals surface area contributed by atoms with E-state index in [1.165, 1.54) is 77.0 Å². The van der Waals surface area contributed by atoms with Gasteiger partial charge in [-0.2, -0.15) is 0 Å². The molecular weight excluding hydrogens is 246 g/mol. The van der Waals surface area contributed by atoms with E-state index >= 15 is 0 Å². The van der Waals surface area contributed by atoms with Gasteiger partial charge < -0.3 is 10.5 Å². The summed E-state index contributed by atoms with van der Waals surface area (Å²) in [5, 5.41) is 0. The Balaban J connectivity index is 1.69. The summed E-state index contributed by atoms with van der Waals surface area (Å²) in [7, 11) is 0. The standard InChI is InChI=1S/C18H33NO/c1-2-15-7-6-11-18(19,13-15)16-8-12-20-17(14-16)9-4-3-5-10-17/h15-16H,2-14,19H2,1H3. The fraction of sp³-hybridized carbons (Fsp3) is 1.00. The molecule has 0 aromatic rings. The first-order valence-electron chi connectivity index (χ1n) is 9.09. The molecule has 3 aliphatic rings. The second-order valence-electron chi connectivity index (χ2n) is 7.89. The van der Waals surface area contributed by atoms with Crippen molar-refractivity contribution in [2.75, 3.05) is 6.61 Å². The van der Waals surface area contributed by atoms with Gasteiger partial charge >= 0.3 is 0 Å². The average Bonchev–Trinajstić information content (AvgIpc) is 2.48. The average molecular weight is 279 g/mol. The summed E-state index contributed by atoms with van der Waals surface area (Å²) < 4.78 is 6.27. The molecule has 3 rings (SSSR count). The summed E-state index contributed by atoms with van der Waals surface area (Å²) in [4.78, 5) is 0. The molecule has 0 bridgehead atoms. The van der Waals surface area contributed by atoms with Crippen LogP contribution in [0.5, 0.6) is 0 Å². The van der Waals surface area contributed by atoms with Crippen molar-refractivity contribution < 1.29 is 4.74 Å². The maximum absolute atomic E-state index is 6.93. The molecule has 0 aromatic heterocycles. The first kappa shape index (κ1) is 14.8. The van der Waals surface area contributed by atoms with Crippen LogP contribution in [0.2, 0.25) is 0 Å². The summed E-state index contributed by atoms with van der Waals surface area (Å²) in [6, 6.07) is 0. The largest absolute Gasteiger partial charge is 0.375 e. The van der Waals surface area contributed by atoms with Crippen LogP contribution in [0.15, 0.2) is 0 Å². The van der Waals surface area contributed by atoms with Crippen molar-refractivity contribution in [1.29, 1.82) is 0 Å². The van der Waals surface area contributed by atoms with Crippen LogP contribution < -0.4 is 5.73 Å². The topological polar surface area (TPSA) is 35.2 Å². The van der Waals surface area contributed by atoms with Crippen LogP contribution in [0.1, 0.15) is 84.0 Å². The summed E-state index contributed by atoms with van der Waals surface area (Å²) >= 11 is 0. The highest BCUT2D eigenvalue weighted by Gasteiger charge is 2.46. The molecule has 2 aliphatic carbocycles. The van der Waals surface area contributed by atoms with Gasteiger partial charge in [0.1, 0.15) is 0 Å². The smallest absolute Gasteiger partial charge is 0.0685 e. The van der Waals surface area contributed by atoms with Crippen LogP contribution in [-0.2, 0) is 4.74 Å². The molecule has 1 heterocycles. The van der Waals surface area contributed by atoms with Crippen molar-refractivity contribution >= 4 is 0 Å². The SMILES string of the molecule is CCC1CCCC(N)(C2CCOC3(CCCCC3)C2)C1. The Bertz CT molecular complexity index is 318. The van der Waals surface area contributed by atoms with E-state index < -0.39 is 0 Å². The monoisotopic (exact) mass is 279 g/mol. The Kier molecular flexibility index (Phi) is 4.42. The van der Waals surface area contributed by atoms with E-state index in [1.54, 1.807) is 0 Å². The molecule has 2 nitrogen and oxygen atoms in total. The minimum atomic E-state index is 0.118. The second kappa shape index (κ2) is 5.96. The summed E-state index contributed by atoms with van der Waals surface area (Å²) in [6.45, 7) is 3.30. The zero-order valence-corrected chi connectivity index (χ0v) is 13.3. The fourth-order valence-corrected chi connectivity index (χ4v) is 5.24. The van der Waals surface area contributed by atoms with Gasteiger partial charge in [-0.15, -0.1) is 0 Å². The highest BCUT2D eigenvalue weighted by atomic mass is 16.5. The number of ether oxygens (including phenoxy) is 1. The molecule has 1 spiro atoms. The Hall–Kier alpha value is -0.0800. The predicted octanol–water partition coefficient (Wildman–Crippen LogP) is 4.41. The first-order valence-corrected chi connectivity index (χ1v) is 9.09. The number of hydrogen-bond acceptors (Lipinski definition) is 2. The molecule has 3 fully saturated rings. The summed E-state index contributed by atoms with van der Waals surface area (Å²) in [6.07, 6.45) is 15.7. The normalized spacial score (nSPS) is 41.7. The third-order valence-electron chi connectivity index (χ3n) is 6.57. The molecule has 3 atom stereocenters. The molecule has 2 N–H and O–H groups in total. The highest BCUT2D eigenvalue weighted by Crippen LogP contribution is 2.47. The van der Waals surface area contributed by atoms with Crippen LogP contribution in [0.4, 0.5) is 0 Å². The van der Waals surface area contributed by atoms with Gasteiger partial charge in [-0.25, -0.2) is 0 Å². The van der Waals surface area contributed by atoms with Gasteiger partial charge in [-0.05, 0) is 50.4 Å². The molecule has 0 radical (unpaired) electrons. The Labute approximate surface area is 124 Å². The van der Waals surface area contributed by atoms with Crippen molar-refractivity contribution in [2.24, 2.45) is 17.6 Å². The van der Waals surface area contributed by atoms with E-state index in [1.807, 2.05) is 0 Å². The van der Waals surface area contributed by atoms with Crippen molar-refractivity contribution in [1.82, 2.24) is 0 Å². The zero-order chi connectivity index (χ0) is 14.1. The van der Waals surface area contributed by atoms with E-state index in [0.29, 0.717) is 5.92 Å². The Morgan fingerprint density at radius 3 is 2.55 bits per heavy atom. The number of hydrogen-bond donors (Lipinski definition) is 1. The van der Waals surface area contributed by atoms with Gasteiger partial charge in [-0.3, -0.25) is 0 Å². The molecular formula is C18H33NO. The minimum absolute atomic E-state index is 0.118. The highest BCUT2D eigenvalue weighted by molar-refractivity contribution is 5.01. The van der Waals surface area contributed by atoms with Gasteiger partial charge in [0.25, 0.3) is 0 Å². The molecule has 1 saturated heterocycles. The van der Waals surface area contributed by atoms with E-state index in [4.69, 9.17) is 10.5 Å². The van der Waals surface area contributed by atoms with Gasteiger partial charge in [0, 0.05) is 12.1 Å². The molecule has 0 aromatic carbocycles. The molecule has 116 valence electrons. The molecule has 0 amide bonds. The quantitative estimate of drug-likeness (QED) is 0.812. The molecule has 2 saturated carbocycles. The lowest BCUT2D eigenvalue weighted by Crippen LogP contribution is -2.55. The molecule has 1 aliphatic heterocycles. The van der Waals surface area contributed by atoms with Gasteiger partial charge in [-0.1, -0.05) is 45.4 Å². The van der Waals surface area contributed by atoms with Crippen LogP contribution >= 0.6 is 0 Å². The van der Waals surface area contributed by atoms with Crippen molar-refractivity contribution in [3.05, 3.63) is 0 Å². The maximum Gasteiger partial charge on any atom is 0.0685 e. The Morgan fingerprint density at radius 1 is 1.00 bits per heavy atom. The van der Waals surface area contributed by atoms with E-state index in [2.05, 4.69) is 6.92 Å². The maximum atomic E-state index is 6.93. The van der Waals surface area contributed by atoms with Crippen molar-refractivity contribution in [3.63, 3.8) is 0 Å². The number of rotatable bonds is 2. The molecule has 2 heteroatoms. The minimum Gasteiger partial charge on any atom is -0.375 e. The predicted molar refractivity (Wildman–Crippen MR) is 83.7 cm³/mol. The lowest BCUT2D eigenvalue weighted by Gasteiger charge is -2.51. The van der Waals surface area contributed by atoms with Crippen LogP contribution in [0.25, 0.3) is 0 Å². The lowest BCUT2D eigenvalue weighted by molar-refractivity contribution is -0.131. The second-order valence-corrected chi connectivity index (χ2v) is 7.89. The Morgan fingerprint density at radius 2 is 1.80 bits per heavy atom. The van der Waals surface area contributed by atoms with Crippen LogP contribution in [0.3, 0.4) is 0 Å².